The van der Waals surface area contributed by atoms with Gasteiger partial charge in [0.15, 0.2) is 0 Å². The second-order valence-corrected chi connectivity index (χ2v) is 5.68. The number of rotatable bonds is 5. The molecular formula is C15H21FN2O2. The zero-order chi connectivity index (χ0) is 14.8. The van der Waals surface area contributed by atoms with Crippen LogP contribution in [0, 0.1) is 5.82 Å². The van der Waals surface area contributed by atoms with E-state index in [4.69, 9.17) is 5.11 Å². The fraction of sp³-hybridized carbons (Fsp3) is 0.533. The van der Waals surface area contributed by atoms with Crippen LogP contribution in [0.15, 0.2) is 18.2 Å². The van der Waals surface area contributed by atoms with E-state index < -0.39 is 11.8 Å². The molecule has 0 spiro atoms. The van der Waals surface area contributed by atoms with Crippen molar-refractivity contribution in [3.8, 4) is 0 Å². The fourth-order valence-electron chi connectivity index (χ4n) is 2.87. The van der Waals surface area contributed by atoms with Gasteiger partial charge in [-0.1, -0.05) is 12.8 Å². The number of carboxylic acid groups (broad SMARTS) is 1. The van der Waals surface area contributed by atoms with E-state index in [0.29, 0.717) is 12.2 Å². The molecule has 0 aromatic heterocycles. The van der Waals surface area contributed by atoms with E-state index in [2.05, 4.69) is 24.3 Å². The molecule has 1 aliphatic carbocycles. The Morgan fingerprint density at radius 3 is 2.55 bits per heavy atom. The largest absolute Gasteiger partial charge is 0.478 e. The minimum atomic E-state index is -1.11. The van der Waals surface area contributed by atoms with E-state index in [1.165, 1.54) is 25.0 Å². The standard InChI is InChI=1S/C15H21FN2O2/c1-18(2)15(7-3-4-8-15)10-17-13-6-5-11(14(19)20)9-12(13)16/h5-6,9,17H,3-4,7-8,10H2,1-2H3,(H,19,20). The average Bonchev–Trinajstić information content (AvgIpc) is 2.87. The Kier molecular flexibility index (Phi) is 4.28. The molecule has 20 heavy (non-hydrogen) atoms. The number of aromatic carboxylic acids is 1. The van der Waals surface area contributed by atoms with Gasteiger partial charge in [-0.05, 0) is 45.1 Å². The molecule has 0 saturated heterocycles. The van der Waals surface area contributed by atoms with Crippen LogP contribution in [-0.4, -0.2) is 42.2 Å². The summed E-state index contributed by atoms with van der Waals surface area (Å²) in [7, 11) is 4.10. The van der Waals surface area contributed by atoms with Crippen LogP contribution in [0.5, 0.6) is 0 Å². The summed E-state index contributed by atoms with van der Waals surface area (Å²) in [5, 5.41) is 12.0. The second kappa shape index (κ2) is 5.79. The van der Waals surface area contributed by atoms with E-state index >= 15 is 0 Å². The van der Waals surface area contributed by atoms with Gasteiger partial charge in [0.25, 0.3) is 0 Å². The van der Waals surface area contributed by atoms with Crippen LogP contribution in [0.4, 0.5) is 10.1 Å². The van der Waals surface area contributed by atoms with Crippen molar-refractivity contribution in [3.63, 3.8) is 0 Å². The van der Waals surface area contributed by atoms with Crippen LogP contribution in [-0.2, 0) is 0 Å². The molecule has 5 heteroatoms. The number of carboxylic acids is 1. The van der Waals surface area contributed by atoms with Crippen LogP contribution in [0.1, 0.15) is 36.0 Å². The first-order chi connectivity index (χ1) is 9.44. The van der Waals surface area contributed by atoms with Gasteiger partial charge >= 0.3 is 5.97 Å². The second-order valence-electron chi connectivity index (χ2n) is 5.68. The molecule has 2 N–H and O–H groups in total. The number of benzene rings is 1. The molecule has 0 unspecified atom stereocenters. The molecule has 0 atom stereocenters. The zero-order valence-corrected chi connectivity index (χ0v) is 11.9. The van der Waals surface area contributed by atoms with Gasteiger partial charge in [0, 0.05) is 12.1 Å². The highest BCUT2D eigenvalue weighted by Gasteiger charge is 2.35. The summed E-state index contributed by atoms with van der Waals surface area (Å²) in [6.07, 6.45) is 4.59. The van der Waals surface area contributed by atoms with Crippen molar-refractivity contribution < 1.29 is 14.3 Å². The van der Waals surface area contributed by atoms with Crippen molar-refractivity contribution in [1.82, 2.24) is 4.90 Å². The monoisotopic (exact) mass is 280 g/mol. The number of nitrogens with zero attached hydrogens (tertiary/aromatic N) is 1. The van der Waals surface area contributed by atoms with Crippen molar-refractivity contribution in [2.24, 2.45) is 0 Å². The molecule has 4 nitrogen and oxygen atoms in total. The molecule has 1 saturated carbocycles. The van der Waals surface area contributed by atoms with Crippen LogP contribution in [0.2, 0.25) is 0 Å². The number of likely N-dealkylation sites (N-methyl/N-ethyl adjacent to an activating group) is 1. The maximum absolute atomic E-state index is 13.9. The molecule has 1 aromatic carbocycles. The topological polar surface area (TPSA) is 52.6 Å². The van der Waals surface area contributed by atoms with Gasteiger partial charge in [-0.3, -0.25) is 0 Å². The third-order valence-electron chi connectivity index (χ3n) is 4.31. The third-order valence-corrected chi connectivity index (χ3v) is 4.31. The Bertz CT molecular complexity index is 497. The first-order valence-corrected chi connectivity index (χ1v) is 6.89. The van der Waals surface area contributed by atoms with Gasteiger partial charge in [-0.15, -0.1) is 0 Å². The number of hydrogen-bond acceptors (Lipinski definition) is 3. The molecule has 0 bridgehead atoms. The lowest BCUT2D eigenvalue weighted by Crippen LogP contribution is -2.47. The van der Waals surface area contributed by atoms with Crippen LogP contribution in [0.3, 0.4) is 0 Å². The predicted octanol–water partition coefficient (Wildman–Crippen LogP) is 2.81. The van der Waals surface area contributed by atoms with E-state index in [9.17, 15) is 9.18 Å². The molecule has 1 aromatic rings. The molecule has 1 fully saturated rings. The molecule has 0 radical (unpaired) electrons. The lowest BCUT2D eigenvalue weighted by atomic mass is 9.96. The average molecular weight is 280 g/mol. The van der Waals surface area contributed by atoms with Crippen molar-refractivity contribution >= 4 is 11.7 Å². The molecule has 2 rings (SSSR count). The van der Waals surface area contributed by atoms with Crippen molar-refractivity contribution in [1.29, 1.82) is 0 Å². The SMILES string of the molecule is CN(C)C1(CNc2ccc(C(=O)O)cc2F)CCCC1. The Labute approximate surface area is 118 Å². The summed E-state index contributed by atoms with van der Waals surface area (Å²) in [5.74, 6) is -1.63. The summed E-state index contributed by atoms with van der Waals surface area (Å²) in [5.41, 5.74) is 0.400. The Balaban J connectivity index is 2.09. The Morgan fingerprint density at radius 2 is 2.05 bits per heavy atom. The molecule has 0 heterocycles. The molecule has 1 aliphatic rings. The first-order valence-electron chi connectivity index (χ1n) is 6.89. The number of halogens is 1. The van der Waals surface area contributed by atoms with Crippen molar-refractivity contribution in [2.75, 3.05) is 26.0 Å². The lowest BCUT2D eigenvalue weighted by molar-refractivity contribution is 0.0696. The Morgan fingerprint density at radius 1 is 1.40 bits per heavy atom. The van der Waals surface area contributed by atoms with E-state index in [0.717, 1.165) is 18.9 Å². The van der Waals surface area contributed by atoms with Crippen molar-refractivity contribution in [3.05, 3.63) is 29.6 Å². The molecule has 0 amide bonds. The molecule has 110 valence electrons. The zero-order valence-electron chi connectivity index (χ0n) is 11.9. The summed E-state index contributed by atoms with van der Waals surface area (Å²) < 4.78 is 13.9. The van der Waals surface area contributed by atoms with Gasteiger partial charge < -0.3 is 15.3 Å². The highest BCUT2D eigenvalue weighted by atomic mass is 19.1. The minimum Gasteiger partial charge on any atom is -0.478 e. The molecular weight excluding hydrogens is 259 g/mol. The Hall–Kier alpha value is -1.62. The molecule has 0 aliphatic heterocycles. The van der Waals surface area contributed by atoms with Gasteiger partial charge in [-0.25, -0.2) is 9.18 Å². The van der Waals surface area contributed by atoms with Gasteiger partial charge in [-0.2, -0.15) is 0 Å². The summed E-state index contributed by atoms with van der Waals surface area (Å²) in [4.78, 5) is 13.0. The number of anilines is 1. The maximum Gasteiger partial charge on any atom is 0.335 e. The van der Waals surface area contributed by atoms with Crippen molar-refractivity contribution in [2.45, 2.75) is 31.2 Å². The quantitative estimate of drug-likeness (QED) is 0.871. The normalized spacial score (nSPS) is 17.4. The van der Waals surface area contributed by atoms with Crippen LogP contribution in [0.25, 0.3) is 0 Å². The summed E-state index contributed by atoms with van der Waals surface area (Å²) in [6, 6.07) is 3.98. The third kappa shape index (κ3) is 2.93. The number of carbonyl (C=O) groups is 1. The van der Waals surface area contributed by atoms with Crippen LogP contribution >= 0.6 is 0 Å². The first kappa shape index (κ1) is 14.8. The fourth-order valence-corrected chi connectivity index (χ4v) is 2.87. The van der Waals surface area contributed by atoms with Gasteiger partial charge in [0.1, 0.15) is 5.82 Å². The van der Waals surface area contributed by atoms with Crippen LogP contribution < -0.4 is 5.32 Å². The van der Waals surface area contributed by atoms with E-state index in [1.54, 1.807) is 0 Å². The number of nitrogens with one attached hydrogen (secondary N) is 1. The van der Waals surface area contributed by atoms with Gasteiger partial charge in [0.05, 0.1) is 11.3 Å². The highest BCUT2D eigenvalue weighted by Crippen LogP contribution is 2.34. The smallest absolute Gasteiger partial charge is 0.335 e. The summed E-state index contributed by atoms with van der Waals surface area (Å²) >= 11 is 0. The van der Waals surface area contributed by atoms with E-state index in [-0.39, 0.29) is 11.1 Å². The summed E-state index contributed by atoms with van der Waals surface area (Å²) in [6.45, 7) is 0.670. The van der Waals surface area contributed by atoms with Gasteiger partial charge in [0.2, 0.25) is 0 Å². The minimum absolute atomic E-state index is 0.0313. The highest BCUT2D eigenvalue weighted by molar-refractivity contribution is 5.88. The maximum atomic E-state index is 13.9. The predicted molar refractivity (Wildman–Crippen MR) is 76.7 cm³/mol. The lowest BCUT2D eigenvalue weighted by Gasteiger charge is -2.36. The van der Waals surface area contributed by atoms with E-state index in [1.807, 2.05) is 0 Å². The number of hydrogen-bond donors (Lipinski definition) is 2.